The number of rotatable bonds is 5. The summed E-state index contributed by atoms with van der Waals surface area (Å²) in [6.45, 7) is 5.87. The van der Waals surface area contributed by atoms with Gasteiger partial charge in [-0.25, -0.2) is 14.3 Å². The third-order valence-electron chi connectivity index (χ3n) is 2.75. The molecule has 1 heterocycles. The van der Waals surface area contributed by atoms with Crippen molar-refractivity contribution < 1.29 is 9.13 Å². The van der Waals surface area contributed by atoms with Gasteiger partial charge in [0.15, 0.2) is 16.7 Å². The van der Waals surface area contributed by atoms with Crippen molar-refractivity contribution in [3.8, 4) is 5.75 Å². The van der Waals surface area contributed by atoms with Gasteiger partial charge in [-0.2, -0.15) is 0 Å². The molecule has 0 aliphatic carbocycles. The summed E-state index contributed by atoms with van der Waals surface area (Å²) in [4.78, 5) is 12.3. The molecule has 8 heteroatoms. The van der Waals surface area contributed by atoms with Crippen LogP contribution in [0.15, 0.2) is 27.0 Å². The van der Waals surface area contributed by atoms with Crippen LogP contribution in [0.1, 0.15) is 26.8 Å². The predicted octanol–water partition coefficient (Wildman–Crippen LogP) is 2.42. The molecule has 0 aliphatic rings. The van der Waals surface area contributed by atoms with Gasteiger partial charge < -0.3 is 10.5 Å². The van der Waals surface area contributed by atoms with Gasteiger partial charge in [-0.05, 0) is 38.6 Å². The Bertz CT molecular complexity index is 696. The Morgan fingerprint density at radius 1 is 1.52 bits per heavy atom. The van der Waals surface area contributed by atoms with Gasteiger partial charge >= 0.3 is 5.69 Å². The lowest BCUT2D eigenvalue weighted by Crippen LogP contribution is -2.19. The fraction of sp³-hybridized carbons (Fsp3) is 0.385. The summed E-state index contributed by atoms with van der Waals surface area (Å²) in [5.74, 6) is -0.384. The van der Waals surface area contributed by atoms with Crippen molar-refractivity contribution in [3.05, 3.63) is 28.4 Å². The standard InChI is InChI=1S/C13H17FN4O2S/c1-4-20-10-6-11(9(15)5-8(10)14)21-13-17-16-12(19)18(13)7(2)3/h5-7H,4,15H2,1-3H3,(H,16,19). The molecule has 1 aromatic carbocycles. The van der Waals surface area contributed by atoms with Crippen LogP contribution in [-0.2, 0) is 0 Å². The molecule has 0 atom stereocenters. The van der Waals surface area contributed by atoms with Gasteiger partial charge in [-0.3, -0.25) is 4.57 Å². The van der Waals surface area contributed by atoms with Crippen molar-refractivity contribution in [3.63, 3.8) is 0 Å². The predicted molar refractivity (Wildman–Crippen MR) is 79.3 cm³/mol. The number of nitrogen functional groups attached to an aromatic ring is 1. The van der Waals surface area contributed by atoms with E-state index in [4.69, 9.17) is 10.5 Å². The molecule has 2 aromatic rings. The van der Waals surface area contributed by atoms with Crippen LogP contribution in [0.3, 0.4) is 0 Å². The van der Waals surface area contributed by atoms with Crippen molar-refractivity contribution in [1.29, 1.82) is 0 Å². The van der Waals surface area contributed by atoms with E-state index in [-0.39, 0.29) is 23.2 Å². The summed E-state index contributed by atoms with van der Waals surface area (Å²) in [6.07, 6.45) is 0. The van der Waals surface area contributed by atoms with Gasteiger partial charge in [-0.1, -0.05) is 0 Å². The second-order valence-electron chi connectivity index (χ2n) is 4.63. The van der Waals surface area contributed by atoms with Gasteiger partial charge in [-0.15, -0.1) is 5.10 Å². The van der Waals surface area contributed by atoms with E-state index in [9.17, 15) is 9.18 Å². The van der Waals surface area contributed by atoms with Crippen molar-refractivity contribution in [2.75, 3.05) is 12.3 Å². The number of halogens is 1. The second-order valence-corrected chi connectivity index (χ2v) is 5.64. The molecular weight excluding hydrogens is 295 g/mol. The Morgan fingerprint density at radius 3 is 2.86 bits per heavy atom. The number of anilines is 1. The van der Waals surface area contributed by atoms with E-state index >= 15 is 0 Å². The lowest BCUT2D eigenvalue weighted by Gasteiger charge is -2.11. The summed E-state index contributed by atoms with van der Waals surface area (Å²) in [6, 6.07) is 2.67. The van der Waals surface area contributed by atoms with Gasteiger partial charge in [0.25, 0.3) is 0 Å². The van der Waals surface area contributed by atoms with Crippen molar-refractivity contribution in [2.45, 2.75) is 36.9 Å². The number of nitrogens with two attached hydrogens (primary N) is 1. The maximum atomic E-state index is 13.7. The highest BCUT2D eigenvalue weighted by Gasteiger charge is 2.16. The molecule has 0 amide bonds. The number of H-pyrrole nitrogens is 1. The van der Waals surface area contributed by atoms with Crippen molar-refractivity contribution >= 4 is 17.4 Å². The van der Waals surface area contributed by atoms with Crippen LogP contribution < -0.4 is 16.2 Å². The summed E-state index contributed by atoms with van der Waals surface area (Å²) in [7, 11) is 0. The van der Waals surface area contributed by atoms with Crippen LogP contribution in [-0.4, -0.2) is 21.4 Å². The maximum absolute atomic E-state index is 13.7. The number of nitrogens with zero attached hydrogens (tertiary/aromatic N) is 2. The zero-order valence-electron chi connectivity index (χ0n) is 12.0. The van der Waals surface area contributed by atoms with Crippen molar-refractivity contribution in [1.82, 2.24) is 14.8 Å². The normalized spacial score (nSPS) is 11.1. The third-order valence-corrected chi connectivity index (χ3v) is 3.80. The summed E-state index contributed by atoms with van der Waals surface area (Å²) in [5.41, 5.74) is 5.80. The van der Waals surface area contributed by atoms with Crippen LogP contribution >= 0.6 is 11.8 Å². The Labute approximate surface area is 125 Å². The number of ether oxygens (including phenoxy) is 1. The number of hydrogen-bond acceptors (Lipinski definition) is 5. The highest BCUT2D eigenvalue weighted by molar-refractivity contribution is 7.99. The van der Waals surface area contributed by atoms with Gasteiger partial charge in [0.05, 0.1) is 6.61 Å². The number of nitrogens with one attached hydrogen (secondary N) is 1. The molecule has 0 radical (unpaired) electrons. The van der Waals surface area contributed by atoms with E-state index in [1.165, 1.54) is 28.5 Å². The van der Waals surface area contributed by atoms with Crippen LogP contribution in [0.4, 0.5) is 10.1 Å². The van der Waals surface area contributed by atoms with E-state index in [1.807, 2.05) is 13.8 Å². The van der Waals surface area contributed by atoms with Gasteiger partial charge in [0.2, 0.25) is 0 Å². The van der Waals surface area contributed by atoms with E-state index in [1.54, 1.807) is 6.92 Å². The Balaban J connectivity index is 2.40. The lowest BCUT2D eigenvalue weighted by atomic mass is 10.3. The second kappa shape index (κ2) is 6.21. The molecule has 3 N–H and O–H groups in total. The van der Waals surface area contributed by atoms with Gasteiger partial charge in [0, 0.05) is 22.7 Å². The first kappa shape index (κ1) is 15.4. The van der Waals surface area contributed by atoms with E-state index < -0.39 is 5.82 Å². The molecular formula is C13H17FN4O2S. The molecule has 0 fully saturated rings. The minimum absolute atomic E-state index is 0.0493. The van der Waals surface area contributed by atoms with Gasteiger partial charge in [0.1, 0.15) is 0 Å². The highest BCUT2D eigenvalue weighted by atomic mass is 32.2. The maximum Gasteiger partial charge on any atom is 0.344 e. The molecule has 0 bridgehead atoms. The average molecular weight is 312 g/mol. The first-order chi connectivity index (χ1) is 9.93. The van der Waals surface area contributed by atoms with Crippen LogP contribution in [0, 0.1) is 5.82 Å². The molecule has 0 aliphatic heterocycles. The fourth-order valence-electron chi connectivity index (χ4n) is 1.82. The zero-order chi connectivity index (χ0) is 15.6. The molecule has 0 unspecified atom stereocenters. The summed E-state index contributed by atoms with van der Waals surface area (Å²) in [5, 5.41) is 6.84. The van der Waals surface area contributed by atoms with E-state index in [0.717, 1.165) is 0 Å². The van der Waals surface area contributed by atoms with Crippen LogP contribution in [0.5, 0.6) is 5.75 Å². The Kier molecular flexibility index (Phi) is 4.56. The largest absolute Gasteiger partial charge is 0.491 e. The number of aromatic nitrogens is 3. The Morgan fingerprint density at radius 2 is 2.24 bits per heavy atom. The minimum Gasteiger partial charge on any atom is -0.491 e. The lowest BCUT2D eigenvalue weighted by molar-refractivity contribution is 0.321. The summed E-state index contributed by atoms with van der Waals surface area (Å²) < 4.78 is 20.4. The third kappa shape index (κ3) is 3.21. The minimum atomic E-state index is -0.512. The molecule has 0 saturated heterocycles. The van der Waals surface area contributed by atoms with Crippen LogP contribution in [0.25, 0.3) is 0 Å². The van der Waals surface area contributed by atoms with E-state index in [2.05, 4.69) is 10.2 Å². The summed E-state index contributed by atoms with van der Waals surface area (Å²) >= 11 is 1.19. The van der Waals surface area contributed by atoms with Crippen LogP contribution in [0.2, 0.25) is 0 Å². The fourth-order valence-corrected chi connectivity index (χ4v) is 2.84. The first-order valence-corrected chi connectivity index (χ1v) is 7.32. The number of aromatic amines is 1. The molecule has 6 nitrogen and oxygen atoms in total. The van der Waals surface area contributed by atoms with Crippen molar-refractivity contribution in [2.24, 2.45) is 0 Å². The number of benzene rings is 1. The smallest absolute Gasteiger partial charge is 0.344 e. The SMILES string of the molecule is CCOc1cc(Sc2n[nH]c(=O)n2C(C)C)c(N)cc1F. The first-order valence-electron chi connectivity index (χ1n) is 6.50. The topological polar surface area (TPSA) is 85.9 Å². The zero-order valence-corrected chi connectivity index (χ0v) is 12.8. The number of hydrogen-bond donors (Lipinski definition) is 2. The molecule has 1 aromatic heterocycles. The van der Waals surface area contributed by atoms with E-state index in [0.29, 0.717) is 16.7 Å². The molecule has 0 spiro atoms. The quantitative estimate of drug-likeness (QED) is 0.828. The average Bonchev–Trinajstić information content (AvgIpc) is 2.76. The molecule has 114 valence electrons. The molecule has 2 rings (SSSR count). The monoisotopic (exact) mass is 312 g/mol. The molecule has 21 heavy (non-hydrogen) atoms. The molecule has 0 saturated carbocycles. The highest BCUT2D eigenvalue weighted by Crippen LogP contribution is 2.35. The Hall–Kier alpha value is -1.96.